The summed E-state index contributed by atoms with van der Waals surface area (Å²) in [5.74, 6) is 0. The molecule has 0 bridgehead atoms. The molecule has 0 fully saturated rings. The van der Waals surface area contributed by atoms with Crippen molar-refractivity contribution in [2.24, 2.45) is 0 Å². The van der Waals surface area contributed by atoms with Crippen molar-refractivity contribution in [3.63, 3.8) is 0 Å². The summed E-state index contributed by atoms with van der Waals surface area (Å²) < 4.78 is 9.56. The monoisotopic (exact) mass is 316 g/mol. The summed E-state index contributed by atoms with van der Waals surface area (Å²) in [6, 6.07) is 0. The van der Waals surface area contributed by atoms with Gasteiger partial charge in [-0.05, 0) is 26.7 Å². The molecule has 0 aromatic carbocycles. The van der Waals surface area contributed by atoms with Gasteiger partial charge in [0.1, 0.15) is 0 Å². The third kappa shape index (κ3) is 14.9. The van der Waals surface area contributed by atoms with Crippen molar-refractivity contribution in [3.05, 3.63) is 0 Å². The van der Waals surface area contributed by atoms with Gasteiger partial charge in [0.2, 0.25) is 0 Å². The average molecular weight is 316 g/mol. The fourth-order valence-electron chi connectivity index (χ4n) is 2.06. The highest BCUT2D eigenvalue weighted by molar-refractivity contribution is 5.67. The van der Waals surface area contributed by atoms with Gasteiger partial charge in [-0.1, -0.05) is 38.5 Å². The quantitative estimate of drug-likeness (QED) is 0.509. The molecule has 0 heterocycles. The van der Waals surface area contributed by atoms with Gasteiger partial charge >= 0.3 is 12.2 Å². The van der Waals surface area contributed by atoms with Crippen LogP contribution in [0.5, 0.6) is 0 Å². The first-order chi connectivity index (χ1) is 10.7. The topological polar surface area (TPSA) is 76.7 Å². The minimum atomic E-state index is -0.320. The van der Waals surface area contributed by atoms with E-state index in [9.17, 15) is 9.59 Å². The minimum absolute atomic E-state index is 0.320. The SMILES string of the molecule is CCOC(=O)NCCCCCCCCCCNC(=O)OCC. The second-order valence-corrected chi connectivity index (χ2v) is 5.12. The molecule has 0 spiro atoms. The largest absolute Gasteiger partial charge is 0.450 e. The van der Waals surface area contributed by atoms with Gasteiger partial charge in [0.25, 0.3) is 0 Å². The number of carbonyl (C=O) groups excluding carboxylic acids is 2. The van der Waals surface area contributed by atoms with Gasteiger partial charge in [0.05, 0.1) is 13.2 Å². The van der Waals surface area contributed by atoms with Crippen LogP contribution in [0.4, 0.5) is 9.59 Å². The molecule has 22 heavy (non-hydrogen) atoms. The molecule has 2 amide bonds. The highest BCUT2D eigenvalue weighted by atomic mass is 16.5. The van der Waals surface area contributed by atoms with E-state index in [2.05, 4.69) is 10.6 Å². The normalized spacial score (nSPS) is 10.1. The summed E-state index contributed by atoms with van der Waals surface area (Å²) in [6.07, 6.45) is 8.49. The summed E-state index contributed by atoms with van der Waals surface area (Å²) in [6.45, 7) is 5.82. The highest BCUT2D eigenvalue weighted by Gasteiger charge is 1.99. The third-order valence-corrected chi connectivity index (χ3v) is 3.19. The smallest absolute Gasteiger partial charge is 0.407 e. The summed E-state index contributed by atoms with van der Waals surface area (Å²) in [4.78, 5) is 22.0. The Balaban J connectivity index is 3.11. The number of alkyl carbamates (subject to hydrolysis) is 2. The van der Waals surface area contributed by atoms with E-state index < -0.39 is 0 Å². The Morgan fingerprint density at radius 3 is 1.27 bits per heavy atom. The van der Waals surface area contributed by atoms with Crippen LogP contribution in [0.25, 0.3) is 0 Å². The maximum absolute atomic E-state index is 11.0. The summed E-state index contributed by atoms with van der Waals surface area (Å²) in [5.41, 5.74) is 0. The van der Waals surface area contributed by atoms with E-state index in [1.165, 1.54) is 25.7 Å². The van der Waals surface area contributed by atoms with Crippen LogP contribution in [0.2, 0.25) is 0 Å². The zero-order chi connectivity index (χ0) is 16.5. The standard InChI is InChI=1S/C16H32N2O4/c1-3-21-15(19)17-13-11-9-7-5-6-8-10-12-14-18-16(20)22-4-2/h3-14H2,1-2H3,(H,17,19)(H,18,20). The van der Waals surface area contributed by atoms with Crippen LogP contribution in [0.15, 0.2) is 0 Å². The Labute approximate surface area is 134 Å². The van der Waals surface area contributed by atoms with Crippen LogP contribution in [0.3, 0.4) is 0 Å². The number of unbranched alkanes of at least 4 members (excludes halogenated alkanes) is 7. The molecule has 0 rings (SSSR count). The molecule has 0 saturated heterocycles. The second-order valence-electron chi connectivity index (χ2n) is 5.12. The minimum Gasteiger partial charge on any atom is -0.450 e. The summed E-state index contributed by atoms with van der Waals surface area (Å²) in [5, 5.41) is 5.44. The lowest BCUT2D eigenvalue weighted by Gasteiger charge is -2.06. The zero-order valence-electron chi connectivity index (χ0n) is 14.1. The Morgan fingerprint density at radius 2 is 0.955 bits per heavy atom. The van der Waals surface area contributed by atoms with E-state index in [0.717, 1.165) is 25.7 Å². The molecule has 0 radical (unpaired) electrons. The van der Waals surface area contributed by atoms with Crippen molar-refractivity contribution in [1.29, 1.82) is 0 Å². The van der Waals surface area contributed by atoms with Gasteiger partial charge < -0.3 is 20.1 Å². The first kappa shape index (κ1) is 20.5. The maximum atomic E-state index is 11.0. The van der Waals surface area contributed by atoms with Crippen molar-refractivity contribution < 1.29 is 19.1 Å². The van der Waals surface area contributed by atoms with Gasteiger partial charge in [-0.3, -0.25) is 0 Å². The molecule has 0 saturated carbocycles. The maximum Gasteiger partial charge on any atom is 0.407 e. The van der Waals surface area contributed by atoms with Crippen molar-refractivity contribution in [2.45, 2.75) is 65.2 Å². The lowest BCUT2D eigenvalue weighted by atomic mass is 10.1. The van der Waals surface area contributed by atoms with Gasteiger partial charge in [0, 0.05) is 13.1 Å². The predicted octanol–water partition coefficient (Wildman–Crippen LogP) is 3.60. The van der Waals surface area contributed by atoms with E-state index in [-0.39, 0.29) is 12.2 Å². The molecule has 0 aliphatic rings. The molecule has 2 N–H and O–H groups in total. The van der Waals surface area contributed by atoms with Crippen molar-refractivity contribution in [3.8, 4) is 0 Å². The van der Waals surface area contributed by atoms with Crippen LogP contribution in [0, 0.1) is 0 Å². The van der Waals surface area contributed by atoms with E-state index in [1.54, 1.807) is 13.8 Å². The van der Waals surface area contributed by atoms with Crippen LogP contribution in [0.1, 0.15) is 65.2 Å². The summed E-state index contributed by atoms with van der Waals surface area (Å²) >= 11 is 0. The first-order valence-corrected chi connectivity index (χ1v) is 8.52. The number of hydrogen-bond acceptors (Lipinski definition) is 4. The zero-order valence-corrected chi connectivity index (χ0v) is 14.1. The van der Waals surface area contributed by atoms with Crippen molar-refractivity contribution in [2.75, 3.05) is 26.3 Å². The van der Waals surface area contributed by atoms with Crippen molar-refractivity contribution in [1.82, 2.24) is 10.6 Å². The third-order valence-electron chi connectivity index (χ3n) is 3.19. The molecular formula is C16H32N2O4. The lowest BCUT2D eigenvalue weighted by Crippen LogP contribution is -2.25. The van der Waals surface area contributed by atoms with Crippen LogP contribution < -0.4 is 10.6 Å². The van der Waals surface area contributed by atoms with E-state index in [0.29, 0.717) is 26.3 Å². The average Bonchev–Trinajstić information content (AvgIpc) is 2.49. The Hall–Kier alpha value is -1.46. The highest BCUT2D eigenvalue weighted by Crippen LogP contribution is 2.08. The van der Waals surface area contributed by atoms with E-state index >= 15 is 0 Å². The number of rotatable bonds is 13. The first-order valence-electron chi connectivity index (χ1n) is 8.52. The molecule has 6 nitrogen and oxygen atoms in total. The lowest BCUT2D eigenvalue weighted by molar-refractivity contribution is 0.151. The Morgan fingerprint density at radius 1 is 0.636 bits per heavy atom. The molecule has 0 aliphatic carbocycles. The second kappa shape index (κ2) is 15.9. The van der Waals surface area contributed by atoms with E-state index in [4.69, 9.17) is 9.47 Å². The van der Waals surface area contributed by atoms with Gasteiger partial charge in [0.15, 0.2) is 0 Å². The molecule has 6 heteroatoms. The van der Waals surface area contributed by atoms with E-state index in [1.807, 2.05) is 0 Å². The van der Waals surface area contributed by atoms with Crippen molar-refractivity contribution >= 4 is 12.2 Å². The van der Waals surface area contributed by atoms with Crippen LogP contribution in [-0.4, -0.2) is 38.5 Å². The number of carbonyl (C=O) groups is 2. The fourth-order valence-corrected chi connectivity index (χ4v) is 2.06. The molecular weight excluding hydrogens is 284 g/mol. The van der Waals surface area contributed by atoms with Crippen LogP contribution in [-0.2, 0) is 9.47 Å². The number of amides is 2. The van der Waals surface area contributed by atoms with Gasteiger partial charge in [-0.25, -0.2) is 9.59 Å². The number of ether oxygens (including phenoxy) is 2. The molecule has 0 aliphatic heterocycles. The molecule has 0 aromatic rings. The molecule has 0 aromatic heterocycles. The Bertz CT molecular complexity index is 257. The molecule has 0 unspecified atom stereocenters. The number of hydrogen-bond donors (Lipinski definition) is 2. The fraction of sp³-hybridized carbons (Fsp3) is 0.875. The van der Waals surface area contributed by atoms with Crippen LogP contribution >= 0.6 is 0 Å². The summed E-state index contributed by atoms with van der Waals surface area (Å²) in [7, 11) is 0. The Kier molecular flexibility index (Phi) is 14.9. The predicted molar refractivity (Wildman–Crippen MR) is 87.0 cm³/mol. The molecule has 0 atom stereocenters. The number of nitrogens with one attached hydrogen (secondary N) is 2. The van der Waals surface area contributed by atoms with Gasteiger partial charge in [-0.2, -0.15) is 0 Å². The van der Waals surface area contributed by atoms with Gasteiger partial charge in [-0.15, -0.1) is 0 Å². The molecule has 130 valence electrons.